The molecule has 0 heterocycles. The highest BCUT2D eigenvalue weighted by atomic mass is 16.1. The fourth-order valence-corrected chi connectivity index (χ4v) is 1.53. The predicted molar refractivity (Wildman–Crippen MR) is 57.3 cm³/mol. The van der Waals surface area contributed by atoms with Crippen molar-refractivity contribution in [3.05, 3.63) is 29.8 Å². The van der Waals surface area contributed by atoms with Crippen LogP contribution in [0.1, 0.15) is 30.7 Å². The molecule has 1 amide bonds. The third kappa shape index (κ3) is 2.57. The Morgan fingerprint density at radius 1 is 1.40 bits per heavy atom. The lowest BCUT2D eigenvalue weighted by Crippen LogP contribution is -2.09. The smallest absolute Gasteiger partial charge is 0.238 e. The van der Waals surface area contributed by atoms with Crippen molar-refractivity contribution in [2.24, 2.45) is 0 Å². The lowest BCUT2D eigenvalue weighted by molar-refractivity contribution is -0.115. The molecule has 1 N–H and O–H groups in total. The zero-order chi connectivity index (χ0) is 10.7. The van der Waals surface area contributed by atoms with Crippen molar-refractivity contribution in [2.75, 3.05) is 5.32 Å². The highest BCUT2D eigenvalue weighted by molar-refractivity contribution is 5.91. The van der Waals surface area contributed by atoms with Gasteiger partial charge in [0.1, 0.15) is 6.42 Å². The first kappa shape index (κ1) is 9.72. The Morgan fingerprint density at radius 2 is 2.07 bits per heavy atom. The number of rotatable bonds is 3. The summed E-state index contributed by atoms with van der Waals surface area (Å²) in [5, 5.41) is 11.0. The largest absolute Gasteiger partial charge is 0.325 e. The summed E-state index contributed by atoms with van der Waals surface area (Å²) in [6.45, 7) is 0. The summed E-state index contributed by atoms with van der Waals surface area (Å²) in [6, 6.07) is 9.68. The zero-order valence-electron chi connectivity index (χ0n) is 8.36. The molecule has 2 rings (SSSR count). The van der Waals surface area contributed by atoms with E-state index in [1.807, 2.05) is 30.3 Å². The van der Waals surface area contributed by atoms with E-state index in [2.05, 4.69) is 5.32 Å². The number of hydrogen-bond acceptors (Lipinski definition) is 2. The topological polar surface area (TPSA) is 52.9 Å². The monoisotopic (exact) mass is 200 g/mol. The normalized spacial score (nSPS) is 14.3. The molecule has 0 unspecified atom stereocenters. The maximum absolute atomic E-state index is 11.1. The molecule has 76 valence electrons. The van der Waals surface area contributed by atoms with Gasteiger partial charge in [-0.1, -0.05) is 12.1 Å². The number of nitriles is 1. The second-order valence-electron chi connectivity index (χ2n) is 3.78. The minimum atomic E-state index is -0.253. The number of benzene rings is 1. The minimum absolute atomic E-state index is 0.0929. The summed E-state index contributed by atoms with van der Waals surface area (Å²) in [6.07, 6.45) is 2.46. The Bertz CT molecular complexity index is 399. The summed E-state index contributed by atoms with van der Waals surface area (Å²) >= 11 is 0. The Balaban J connectivity index is 1.97. The average Bonchev–Trinajstić information content (AvgIpc) is 3.03. The van der Waals surface area contributed by atoms with Crippen LogP contribution in [-0.4, -0.2) is 5.91 Å². The maximum Gasteiger partial charge on any atom is 0.238 e. The van der Waals surface area contributed by atoms with Gasteiger partial charge < -0.3 is 5.32 Å². The van der Waals surface area contributed by atoms with Gasteiger partial charge in [-0.25, -0.2) is 0 Å². The molecule has 0 aliphatic heterocycles. The van der Waals surface area contributed by atoms with Gasteiger partial charge in [-0.3, -0.25) is 4.79 Å². The Labute approximate surface area is 88.7 Å². The van der Waals surface area contributed by atoms with Crippen LogP contribution in [0.2, 0.25) is 0 Å². The van der Waals surface area contributed by atoms with Gasteiger partial charge >= 0.3 is 0 Å². The van der Waals surface area contributed by atoms with Gasteiger partial charge in [0, 0.05) is 5.69 Å². The van der Waals surface area contributed by atoms with E-state index in [-0.39, 0.29) is 12.3 Å². The highest BCUT2D eigenvalue weighted by Gasteiger charge is 2.22. The fraction of sp³-hybridized carbons (Fsp3) is 0.333. The van der Waals surface area contributed by atoms with Crippen LogP contribution in [0.25, 0.3) is 0 Å². The molecule has 0 atom stereocenters. The van der Waals surface area contributed by atoms with Crippen LogP contribution in [0.4, 0.5) is 5.69 Å². The van der Waals surface area contributed by atoms with E-state index in [9.17, 15) is 4.79 Å². The van der Waals surface area contributed by atoms with Gasteiger partial charge in [-0.05, 0) is 36.5 Å². The van der Waals surface area contributed by atoms with Gasteiger partial charge in [0.25, 0.3) is 0 Å². The summed E-state index contributed by atoms with van der Waals surface area (Å²) < 4.78 is 0. The number of carbonyl (C=O) groups excluding carboxylic acids is 1. The molecule has 0 bridgehead atoms. The van der Waals surface area contributed by atoms with Gasteiger partial charge in [0.15, 0.2) is 0 Å². The first-order valence-electron chi connectivity index (χ1n) is 5.06. The van der Waals surface area contributed by atoms with E-state index in [4.69, 9.17) is 5.26 Å². The maximum atomic E-state index is 11.1. The van der Waals surface area contributed by atoms with E-state index in [0.29, 0.717) is 0 Å². The van der Waals surface area contributed by atoms with Crippen LogP contribution in [0.15, 0.2) is 24.3 Å². The van der Waals surface area contributed by atoms with Crippen LogP contribution in [0.5, 0.6) is 0 Å². The molecule has 15 heavy (non-hydrogen) atoms. The molecule has 3 heteroatoms. The van der Waals surface area contributed by atoms with Crippen LogP contribution >= 0.6 is 0 Å². The number of amides is 1. The Hall–Kier alpha value is -1.82. The Kier molecular flexibility index (Phi) is 2.68. The quantitative estimate of drug-likeness (QED) is 0.814. The van der Waals surface area contributed by atoms with Gasteiger partial charge in [-0.15, -0.1) is 0 Å². The van der Waals surface area contributed by atoms with Crippen molar-refractivity contribution in [3.63, 3.8) is 0 Å². The number of hydrogen-bond donors (Lipinski definition) is 1. The van der Waals surface area contributed by atoms with Crippen molar-refractivity contribution in [1.82, 2.24) is 0 Å². The van der Waals surface area contributed by atoms with Crippen molar-refractivity contribution >= 4 is 11.6 Å². The minimum Gasteiger partial charge on any atom is -0.325 e. The summed E-state index contributed by atoms with van der Waals surface area (Å²) in [7, 11) is 0. The van der Waals surface area contributed by atoms with E-state index in [0.717, 1.165) is 11.6 Å². The number of carbonyl (C=O) groups is 1. The zero-order valence-corrected chi connectivity index (χ0v) is 8.36. The number of nitrogens with zero attached hydrogens (tertiary/aromatic N) is 1. The molecule has 3 nitrogen and oxygen atoms in total. The second-order valence-corrected chi connectivity index (χ2v) is 3.78. The number of nitrogens with one attached hydrogen (secondary N) is 1. The number of anilines is 1. The van der Waals surface area contributed by atoms with E-state index in [1.54, 1.807) is 0 Å². The molecule has 1 aromatic carbocycles. The second kappa shape index (κ2) is 4.14. The third-order valence-corrected chi connectivity index (χ3v) is 2.48. The standard InChI is InChI=1S/C12H12N2O/c13-8-7-12(15)14-11-5-3-10(4-6-11)9-1-2-9/h3-6,9H,1-2,7H2,(H,14,15). The molecule has 1 aromatic rings. The molecule has 0 radical (unpaired) electrons. The highest BCUT2D eigenvalue weighted by Crippen LogP contribution is 2.40. The summed E-state index contributed by atoms with van der Waals surface area (Å²) in [5.74, 6) is 0.477. The lowest BCUT2D eigenvalue weighted by atomic mass is 10.1. The molecule has 1 aliphatic rings. The van der Waals surface area contributed by atoms with Crippen molar-refractivity contribution in [3.8, 4) is 6.07 Å². The molecule has 0 aromatic heterocycles. The van der Waals surface area contributed by atoms with Crippen molar-refractivity contribution < 1.29 is 4.79 Å². The molecule has 0 spiro atoms. The third-order valence-electron chi connectivity index (χ3n) is 2.48. The van der Waals surface area contributed by atoms with E-state index >= 15 is 0 Å². The molecular formula is C12H12N2O. The predicted octanol–water partition coefficient (Wildman–Crippen LogP) is 2.42. The lowest BCUT2D eigenvalue weighted by Gasteiger charge is -2.03. The average molecular weight is 200 g/mol. The first-order chi connectivity index (χ1) is 7.29. The Morgan fingerprint density at radius 3 is 2.60 bits per heavy atom. The van der Waals surface area contributed by atoms with E-state index in [1.165, 1.54) is 18.4 Å². The van der Waals surface area contributed by atoms with Crippen LogP contribution in [0.3, 0.4) is 0 Å². The van der Waals surface area contributed by atoms with Crippen LogP contribution in [0, 0.1) is 11.3 Å². The van der Waals surface area contributed by atoms with Crippen molar-refractivity contribution in [1.29, 1.82) is 5.26 Å². The SMILES string of the molecule is N#CCC(=O)Nc1ccc(C2CC2)cc1. The van der Waals surface area contributed by atoms with Crippen LogP contribution < -0.4 is 5.32 Å². The van der Waals surface area contributed by atoms with Gasteiger partial charge in [-0.2, -0.15) is 5.26 Å². The van der Waals surface area contributed by atoms with Crippen LogP contribution in [-0.2, 0) is 4.79 Å². The van der Waals surface area contributed by atoms with Crippen molar-refractivity contribution in [2.45, 2.75) is 25.2 Å². The molecule has 1 fully saturated rings. The molecular weight excluding hydrogens is 188 g/mol. The molecule has 1 saturated carbocycles. The fourth-order valence-electron chi connectivity index (χ4n) is 1.53. The molecule has 1 aliphatic carbocycles. The van der Waals surface area contributed by atoms with Gasteiger partial charge in [0.05, 0.1) is 6.07 Å². The van der Waals surface area contributed by atoms with Gasteiger partial charge in [0.2, 0.25) is 5.91 Å². The first-order valence-corrected chi connectivity index (χ1v) is 5.06. The van der Waals surface area contributed by atoms with E-state index < -0.39 is 0 Å². The summed E-state index contributed by atoms with van der Waals surface area (Å²) in [4.78, 5) is 11.1. The molecule has 0 saturated heterocycles. The summed E-state index contributed by atoms with van der Waals surface area (Å²) in [5.41, 5.74) is 2.10.